The van der Waals surface area contributed by atoms with E-state index in [1.807, 2.05) is 12.4 Å². The summed E-state index contributed by atoms with van der Waals surface area (Å²) in [4.78, 5) is 17.9. The van der Waals surface area contributed by atoms with Crippen molar-refractivity contribution in [3.8, 4) is 0 Å². The van der Waals surface area contributed by atoms with Gasteiger partial charge in [-0.25, -0.2) is 9.98 Å². The largest absolute Gasteiger partial charge is 0.270 e. The van der Waals surface area contributed by atoms with Crippen LogP contribution in [0.3, 0.4) is 0 Å². The molecule has 0 N–H and O–H groups in total. The molecule has 2 rings (SSSR count). The Morgan fingerprint density at radius 2 is 1.41 bits per heavy atom. The van der Waals surface area contributed by atoms with Crippen molar-refractivity contribution in [3.63, 3.8) is 0 Å². The van der Waals surface area contributed by atoms with Crippen LogP contribution in [-0.4, -0.2) is 38.2 Å². The fraction of sp³-hybridized carbons (Fsp3) is 0.360. The van der Waals surface area contributed by atoms with E-state index in [-0.39, 0.29) is 0 Å². The Kier molecular flexibility index (Phi) is 8.66. The minimum absolute atomic E-state index is 0.777. The number of aryl methyl sites for hydroxylation is 2. The van der Waals surface area contributed by atoms with Crippen molar-refractivity contribution in [2.24, 2.45) is 20.0 Å². The van der Waals surface area contributed by atoms with E-state index in [9.17, 15) is 0 Å². The SMILES string of the molecule is CCC=NC(=NC)c1cc(Cc2ccc(C)cc2C(N=CCC)=NC)ccc1C. The number of hydrogen-bond acceptors (Lipinski definition) is 2. The molecule has 2 aromatic rings. The van der Waals surface area contributed by atoms with Gasteiger partial charge in [0.05, 0.1) is 0 Å². The molecule has 0 saturated heterocycles. The lowest BCUT2D eigenvalue weighted by molar-refractivity contribution is 1.16. The van der Waals surface area contributed by atoms with Crippen LogP contribution < -0.4 is 0 Å². The molecule has 4 nitrogen and oxygen atoms in total. The van der Waals surface area contributed by atoms with Crippen LogP contribution in [0.2, 0.25) is 0 Å². The molecule has 0 aliphatic rings. The summed E-state index contributed by atoms with van der Waals surface area (Å²) < 4.78 is 0. The Bertz CT molecular complexity index is 949. The smallest absolute Gasteiger partial charge is 0.154 e. The topological polar surface area (TPSA) is 49.4 Å². The molecule has 0 amide bonds. The number of amidine groups is 2. The monoisotopic (exact) mass is 388 g/mol. The van der Waals surface area contributed by atoms with Crippen molar-refractivity contribution < 1.29 is 0 Å². The maximum absolute atomic E-state index is 4.57. The highest BCUT2D eigenvalue weighted by Crippen LogP contribution is 2.21. The fourth-order valence-electron chi connectivity index (χ4n) is 3.14. The second-order valence-electron chi connectivity index (χ2n) is 7.02. The van der Waals surface area contributed by atoms with Gasteiger partial charge < -0.3 is 0 Å². The van der Waals surface area contributed by atoms with Gasteiger partial charge in [-0.3, -0.25) is 9.98 Å². The fourth-order valence-corrected chi connectivity index (χ4v) is 3.14. The lowest BCUT2D eigenvalue weighted by Gasteiger charge is -2.13. The quantitative estimate of drug-likeness (QED) is 0.456. The molecular formula is C25H32N4. The van der Waals surface area contributed by atoms with Gasteiger partial charge in [-0.15, -0.1) is 0 Å². The Hall–Kier alpha value is -2.88. The van der Waals surface area contributed by atoms with Crippen LogP contribution in [-0.2, 0) is 6.42 Å². The van der Waals surface area contributed by atoms with E-state index in [2.05, 4.69) is 84.1 Å². The third-order valence-corrected chi connectivity index (χ3v) is 4.66. The van der Waals surface area contributed by atoms with Gasteiger partial charge in [0.1, 0.15) is 0 Å². The molecule has 0 aliphatic carbocycles. The normalized spacial score (nSPS) is 13.0. The molecule has 0 unspecified atom stereocenters. The third kappa shape index (κ3) is 6.05. The molecule has 0 fully saturated rings. The highest BCUT2D eigenvalue weighted by molar-refractivity contribution is 6.05. The molecule has 2 aromatic carbocycles. The number of nitrogens with zero attached hydrogens (tertiary/aromatic N) is 4. The first kappa shape index (κ1) is 22.4. The van der Waals surface area contributed by atoms with E-state index in [0.717, 1.165) is 42.1 Å². The van der Waals surface area contributed by atoms with E-state index >= 15 is 0 Å². The molecule has 0 saturated carbocycles. The highest BCUT2D eigenvalue weighted by Gasteiger charge is 2.12. The summed E-state index contributed by atoms with van der Waals surface area (Å²) in [6, 6.07) is 13.0. The first-order chi connectivity index (χ1) is 14.0. The van der Waals surface area contributed by atoms with Gasteiger partial charge in [-0.05, 0) is 61.9 Å². The number of aliphatic imine (C=N–C) groups is 4. The van der Waals surface area contributed by atoms with Crippen LogP contribution in [0.25, 0.3) is 0 Å². The van der Waals surface area contributed by atoms with Crippen LogP contribution in [0.5, 0.6) is 0 Å². The molecule has 0 bridgehead atoms. The van der Waals surface area contributed by atoms with E-state index in [0.29, 0.717) is 0 Å². The van der Waals surface area contributed by atoms with Crippen LogP contribution in [0.1, 0.15) is 60.1 Å². The third-order valence-electron chi connectivity index (χ3n) is 4.66. The maximum atomic E-state index is 4.57. The van der Waals surface area contributed by atoms with E-state index in [4.69, 9.17) is 0 Å². The molecule has 0 spiro atoms. The molecule has 4 heteroatoms. The molecule has 0 atom stereocenters. The summed E-state index contributed by atoms with van der Waals surface area (Å²) in [7, 11) is 3.59. The van der Waals surface area contributed by atoms with E-state index in [1.165, 1.54) is 22.3 Å². The van der Waals surface area contributed by atoms with Crippen LogP contribution in [0.4, 0.5) is 0 Å². The maximum Gasteiger partial charge on any atom is 0.154 e. The van der Waals surface area contributed by atoms with Gasteiger partial charge >= 0.3 is 0 Å². The minimum Gasteiger partial charge on any atom is -0.270 e. The Morgan fingerprint density at radius 1 is 0.793 bits per heavy atom. The average Bonchev–Trinajstić information content (AvgIpc) is 2.73. The first-order valence-electron chi connectivity index (χ1n) is 10.2. The molecule has 0 aliphatic heterocycles. The van der Waals surface area contributed by atoms with Gasteiger partial charge in [0.15, 0.2) is 11.7 Å². The van der Waals surface area contributed by atoms with Crippen LogP contribution >= 0.6 is 0 Å². The van der Waals surface area contributed by atoms with Gasteiger partial charge in [-0.2, -0.15) is 0 Å². The Balaban J connectivity index is 2.46. The molecule has 0 heterocycles. The second kappa shape index (κ2) is 11.2. The zero-order chi connectivity index (χ0) is 21.2. The predicted octanol–water partition coefficient (Wildman–Crippen LogP) is 5.61. The second-order valence-corrected chi connectivity index (χ2v) is 7.02. The molecule has 0 aromatic heterocycles. The summed E-state index contributed by atoms with van der Waals surface area (Å²) in [5, 5.41) is 0. The lowest BCUT2D eigenvalue weighted by atomic mass is 9.95. The number of hydrogen-bond donors (Lipinski definition) is 0. The van der Waals surface area contributed by atoms with Crippen LogP contribution in [0.15, 0.2) is 56.4 Å². The minimum atomic E-state index is 0.777. The van der Waals surface area contributed by atoms with Crippen molar-refractivity contribution in [2.45, 2.75) is 47.0 Å². The summed E-state index contributed by atoms with van der Waals surface area (Å²) in [6.07, 6.45) is 6.40. The van der Waals surface area contributed by atoms with E-state index < -0.39 is 0 Å². The summed E-state index contributed by atoms with van der Waals surface area (Å²) in [5.41, 5.74) is 6.99. The predicted molar refractivity (Wildman–Crippen MR) is 128 cm³/mol. The van der Waals surface area contributed by atoms with Gasteiger partial charge in [0.25, 0.3) is 0 Å². The molecule has 152 valence electrons. The van der Waals surface area contributed by atoms with Gasteiger partial charge in [0, 0.05) is 37.7 Å². The van der Waals surface area contributed by atoms with Crippen molar-refractivity contribution in [1.82, 2.24) is 0 Å². The van der Waals surface area contributed by atoms with Crippen LogP contribution in [0, 0.1) is 13.8 Å². The standard InChI is InChI=1S/C25H32N4/c1-7-13-28-24(26-5)22-17-20(11-10-19(22)4)16-21-12-9-18(3)15-23(21)25(27-6)29-14-8-2/h9-15,17H,7-8,16H2,1-6H3. The molecule has 0 radical (unpaired) electrons. The molecular weight excluding hydrogens is 356 g/mol. The summed E-state index contributed by atoms with van der Waals surface area (Å²) in [6.45, 7) is 8.36. The van der Waals surface area contributed by atoms with Gasteiger partial charge in [-0.1, -0.05) is 43.7 Å². The Labute approximate surface area is 175 Å². The van der Waals surface area contributed by atoms with Crippen molar-refractivity contribution in [1.29, 1.82) is 0 Å². The zero-order valence-corrected chi connectivity index (χ0v) is 18.5. The molecule has 29 heavy (non-hydrogen) atoms. The lowest BCUT2D eigenvalue weighted by Crippen LogP contribution is -2.06. The highest BCUT2D eigenvalue weighted by atomic mass is 14.9. The zero-order valence-electron chi connectivity index (χ0n) is 18.5. The summed E-state index contributed by atoms with van der Waals surface area (Å²) >= 11 is 0. The van der Waals surface area contributed by atoms with Crippen molar-refractivity contribution in [2.75, 3.05) is 14.1 Å². The number of rotatable bonds is 6. The van der Waals surface area contributed by atoms with Crippen molar-refractivity contribution in [3.05, 3.63) is 69.8 Å². The summed E-state index contributed by atoms with van der Waals surface area (Å²) in [5.74, 6) is 1.56. The number of benzene rings is 2. The van der Waals surface area contributed by atoms with E-state index in [1.54, 1.807) is 14.1 Å². The average molecular weight is 389 g/mol. The first-order valence-corrected chi connectivity index (χ1v) is 10.2. The Morgan fingerprint density at radius 3 is 2.00 bits per heavy atom. The van der Waals surface area contributed by atoms with Gasteiger partial charge in [0.2, 0.25) is 0 Å². The van der Waals surface area contributed by atoms with Crippen molar-refractivity contribution >= 4 is 24.1 Å².